The zero-order chi connectivity index (χ0) is 14.9. The summed E-state index contributed by atoms with van der Waals surface area (Å²) in [6, 6.07) is 6.25. The maximum absolute atomic E-state index is 12.8. The molecule has 22 heavy (non-hydrogen) atoms. The third-order valence-corrected chi connectivity index (χ3v) is 4.84. The lowest BCUT2D eigenvalue weighted by atomic mass is 10.1. The van der Waals surface area contributed by atoms with E-state index in [-0.39, 0.29) is 5.92 Å². The van der Waals surface area contributed by atoms with Gasteiger partial charge in [-0.2, -0.15) is 5.10 Å². The normalized spacial score (nSPS) is 27.1. The van der Waals surface area contributed by atoms with E-state index in [1.54, 1.807) is 12.4 Å². The monoisotopic (exact) mass is 296 g/mol. The molecule has 1 aliphatic heterocycles. The van der Waals surface area contributed by atoms with Crippen molar-refractivity contribution in [3.63, 3.8) is 0 Å². The fraction of sp³-hybridized carbons (Fsp3) is 0.471. The summed E-state index contributed by atoms with van der Waals surface area (Å²) in [6.07, 6.45) is 10.6. The van der Waals surface area contributed by atoms with E-state index in [1.165, 1.54) is 5.56 Å². The first-order chi connectivity index (χ1) is 10.8. The highest BCUT2D eigenvalue weighted by Gasteiger charge is 2.47. The van der Waals surface area contributed by atoms with Crippen molar-refractivity contribution in [2.75, 3.05) is 6.54 Å². The van der Waals surface area contributed by atoms with Gasteiger partial charge in [0.15, 0.2) is 0 Å². The van der Waals surface area contributed by atoms with Crippen LogP contribution >= 0.6 is 0 Å². The van der Waals surface area contributed by atoms with Gasteiger partial charge >= 0.3 is 0 Å². The van der Waals surface area contributed by atoms with Crippen LogP contribution in [0.4, 0.5) is 0 Å². The van der Waals surface area contributed by atoms with Gasteiger partial charge in [-0.25, -0.2) is 0 Å². The van der Waals surface area contributed by atoms with Crippen molar-refractivity contribution in [2.24, 2.45) is 5.92 Å². The van der Waals surface area contributed by atoms with E-state index < -0.39 is 0 Å². The number of amides is 1. The van der Waals surface area contributed by atoms with Gasteiger partial charge in [0, 0.05) is 37.3 Å². The number of pyridine rings is 1. The maximum atomic E-state index is 12.8. The van der Waals surface area contributed by atoms with Crippen LogP contribution in [0.25, 0.3) is 0 Å². The van der Waals surface area contributed by atoms with Gasteiger partial charge in [-0.3, -0.25) is 14.5 Å². The highest BCUT2D eigenvalue weighted by atomic mass is 16.2. The lowest BCUT2D eigenvalue weighted by Gasteiger charge is -2.25. The van der Waals surface area contributed by atoms with Gasteiger partial charge < -0.3 is 4.90 Å². The minimum atomic E-state index is 0.155. The summed E-state index contributed by atoms with van der Waals surface area (Å²) in [7, 11) is 0. The van der Waals surface area contributed by atoms with Gasteiger partial charge in [0.25, 0.3) is 0 Å². The van der Waals surface area contributed by atoms with E-state index in [9.17, 15) is 4.79 Å². The van der Waals surface area contributed by atoms with E-state index >= 15 is 0 Å². The Morgan fingerprint density at radius 3 is 3.05 bits per heavy atom. The highest BCUT2D eigenvalue weighted by molar-refractivity contribution is 5.83. The molecular weight excluding hydrogens is 276 g/mol. The number of carbonyl (C=O) groups excluding carboxylic acids is 1. The van der Waals surface area contributed by atoms with Crippen LogP contribution in [-0.4, -0.2) is 38.2 Å². The summed E-state index contributed by atoms with van der Waals surface area (Å²) in [6.45, 7) is 1.70. The summed E-state index contributed by atoms with van der Waals surface area (Å²) < 4.78 is 1.93. The molecule has 0 N–H and O–H groups in total. The second kappa shape index (κ2) is 5.55. The standard InChI is InChI=1S/C17H20N4O/c22-17(16-10-15(16)13-4-1-6-18-11-13)21-9-2-5-14(21)12-20-8-3-7-19-20/h1,3-4,6-8,11,14-16H,2,5,9-10,12H2/t14-,15-,16-/m1/s1. The SMILES string of the molecule is O=C([C@@H]1C[C@@H]1c1cccnc1)N1CCC[C@@H]1Cn1cccn1. The van der Waals surface area contributed by atoms with Gasteiger partial charge in [0.1, 0.15) is 0 Å². The molecule has 0 radical (unpaired) electrons. The average Bonchev–Trinajstić information content (AvgIpc) is 2.94. The van der Waals surface area contributed by atoms with Crippen LogP contribution in [0, 0.1) is 5.92 Å². The molecule has 4 rings (SSSR count). The lowest BCUT2D eigenvalue weighted by molar-refractivity contribution is -0.133. The Bertz CT molecular complexity index is 640. The first kappa shape index (κ1) is 13.5. The minimum absolute atomic E-state index is 0.155. The van der Waals surface area contributed by atoms with Crippen molar-refractivity contribution in [3.8, 4) is 0 Å². The summed E-state index contributed by atoms with van der Waals surface area (Å²) >= 11 is 0. The van der Waals surface area contributed by atoms with Crippen LogP contribution in [0.1, 0.15) is 30.7 Å². The average molecular weight is 296 g/mol. The molecule has 2 aromatic rings. The van der Waals surface area contributed by atoms with Crippen molar-refractivity contribution in [3.05, 3.63) is 48.5 Å². The summed E-state index contributed by atoms with van der Waals surface area (Å²) in [5, 5.41) is 4.27. The van der Waals surface area contributed by atoms with Crippen molar-refractivity contribution in [2.45, 2.75) is 37.8 Å². The van der Waals surface area contributed by atoms with E-state index in [2.05, 4.69) is 21.0 Å². The van der Waals surface area contributed by atoms with Gasteiger partial charge in [0.2, 0.25) is 5.91 Å². The summed E-state index contributed by atoms with van der Waals surface area (Å²) in [5.41, 5.74) is 1.20. The van der Waals surface area contributed by atoms with Crippen LogP contribution in [0.5, 0.6) is 0 Å². The molecule has 2 aliphatic rings. The predicted octanol–water partition coefficient (Wildman–Crippen LogP) is 2.07. The molecule has 5 nitrogen and oxygen atoms in total. The number of carbonyl (C=O) groups is 1. The zero-order valence-electron chi connectivity index (χ0n) is 12.5. The van der Waals surface area contributed by atoms with Gasteiger partial charge in [0.05, 0.1) is 12.6 Å². The number of aromatic nitrogens is 3. The van der Waals surface area contributed by atoms with Crippen LogP contribution < -0.4 is 0 Å². The molecule has 0 spiro atoms. The second-order valence-electron chi connectivity index (χ2n) is 6.29. The molecule has 0 bridgehead atoms. The topological polar surface area (TPSA) is 51.0 Å². The molecule has 0 unspecified atom stereocenters. The fourth-order valence-corrected chi connectivity index (χ4v) is 3.58. The number of hydrogen-bond acceptors (Lipinski definition) is 3. The number of rotatable bonds is 4. The predicted molar refractivity (Wildman–Crippen MR) is 82.0 cm³/mol. The Hall–Kier alpha value is -2.17. The smallest absolute Gasteiger partial charge is 0.226 e. The molecule has 1 saturated carbocycles. The molecule has 5 heteroatoms. The lowest BCUT2D eigenvalue weighted by Crippen LogP contribution is -2.39. The molecule has 3 heterocycles. The molecule has 2 fully saturated rings. The Morgan fingerprint density at radius 2 is 2.27 bits per heavy atom. The van der Waals surface area contributed by atoms with Crippen LogP contribution in [0.3, 0.4) is 0 Å². The first-order valence-electron chi connectivity index (χ1n) is 8.01. The molecule has 3 atom stereocenters. The third-order valence-electron chi connectivity index (χ3n) is 4.84. The number of likely N-dealkylation sites (tertiary alicyclic amines) is 1. The quantitative estimate of drug-likeness (QED) is 0.868. The molecule has 114 valence electrons. The zero-order valence-corrected chi connectivity index (χ0v) is 12.5. The maximum Gasteiger partial charge on any atom is 0.226 e. The van der Waals surface area contributed by atoms with E-state index in [4.69, 9.17) is 0 Å². The van der Waals surface area contributed by atoms with E-state index in [0.717, 1.165) is 32.4 Å². The summed E-state index contributed by atoms with van der Waals surface area (Å²) in [5.74, 6) is 0.845. The minimum Gasteiger partial charge on any atom is -0.338 e. The Morgan fingerprint density at radius 1 is 1.32 bits per heavy atom. The Labute approximate surface area is 130 Å². The van der Waals surface area contributed by atoms with Crippen LogP contribution in [-0.2, 0) is 11.3 Å². The van der Waals surface area contributed by atoms with Crippen LogP contribution in [0.2, 0.25) is 0 Å². The molecule has 2 aromatic heterocycles. The molecule has 0 aromatic carbocycles. The first-order valence-corrected chi connectivity index (χ1v) is 8.01. The molecule has 1 aliphatic carbocycles. The number of nitrogens with zero attached hydrogens (tertiary/aromatic N) is 4. The third kappa shape index (κ3) is 2.51. The second-order valence-corrected chi connectivity index (χ2v) is 6.29. The molecular formula is C17H20N4O. The van der Waals surface area contributed by atoms with Crippen molar-refractivity contribution < 1.29 is 4.79 Å². The van der Waals surface area contributed by atoms with Gasteiger partial charge in [-0.05, 0) is 42.9 Å². The van der Waals surface area contributed by atoms with Crippen LogP contribution in [0.15, 0.2) is 43.0 Å². The van der Waals surface area contributed by atoms with Gasteiger partial charge in [-0.15, -0.1) is 0 Å². The van der Waals surface area contributed by atoms with Crippen molar-refractivity contribution in [1.29, 1.82) is 0 Å². The largest absolute Gasteiger partial charge is 0.338 e. The molecule has 1 saturated heterocycles. The molecule has 1 amide bonds. The number of hydrogen-bond donors (Lipinski definition) is 0. The van der Waals surface area contributed by atoms with Crippen molar-refractivity contribution >= 4 is 5.91 Å². The van der Waals surface area contributed by atoms with Gasteiger partial charge in [-0.1, -0.05) is 6.07 Å². The Balaban J connectivity index is 1.42. The van der Waals surface area contributed by atoms with Crippen molar-refractivity contribution in [1.82, 2.24) is 19.7 Å². The Kier molecular flexibility index (Phi) is 3.41. The van der Waals surface area contributed by atoms with E-state index in [0.29, 0.717) is 17.9 Å². The fourth-order valence-electron chi connectivity index (χ4n) is 3.58. The summed E-state index contributed by atoms with van der Waals surface area (Å²) in [4.78, 5) is 19.1. The van der Waals surface area contributed by atoms with E-state index in [1.807, 2.05) is 29.2 Å². The highest BCUT2D eigenvalue weighted by Crippen LogP contribution is 2.48.